The van der Waals surface area contributed by atoms with Gasteiger partial charge in [-0.05, 0) is 25.0 Å². The van der Waals surface area contributed by atoms with Crippen molar-refractivity contribution in [2.75, 3.05) is 5.32 Å². The molecule has 108 valence electrons. The number of nitrogens with one attached hydrogen (secondary N) is 1. The highest BCUT2D eigenvalue weighted by molar-refractivity contribution is 6.32. The number of nitrogens with zero attached hydrogens (tertiary/aromatic N) is 1. The number of halogens is 1. The van der Waals surface area contributed by atoms with E-state index in [9.17, 15) is 14.7 Å². The van der Waals surface area contributed by atoms with Crippen molar-refractivity contribution < 1.29 is 14.7 Å². The Morgan fingerprint density at radius 3 is 2.65 bits per heavy atom. The minimum atomic E-state index is -0.934. The van der Waals surface area contributed by atoms with Crippen LogP contribution in [0.2, 0.25) is 5.15 Å². The number of carboxylic acids is 1. The second-order valence-electron chi connectivity index (χ2n) is 5.21. The summed E-state index contributed by atoms with van der Waals surface area (Å²) in [7, 11) is 0. The average Bonchev–Trinajstić information content (AvgIpc) is 2.42. The van der Waals surface area contributed by atoms with Crippen molar-refractivity contribution in [1.29, 1.82) is 0 Å². The van der Waals surface area contributed by atoms with Crippen LogP contribution in [0.1, 0.15) is 38.5 Å². The Balaban J connectivity index is 2.06. The topological polar surface area (TPSA) is 79.3 Å². The van der Waals surface area contributed by atoms with Crippen LogP contribution in [0.4, 0.5) is 5.69 Å². The van der Waals surface area contributed by atoms with Gasteiger partial charge < -0.3 is 10.4 Å². The highest BCUT2D eigenvalue weighted by atomic mass is 35.5. The van der Waals surface area contributed by atoms with Crippen molar-refractivity contribution in [2.24, 2.45) is 5.41 Å². The molecule has 0 saturated heterocycles. The molecule has 0 aromatic carbocycles. The highest BCUT2D eigenvalue weighted by Gasteiger charge is 2.41. The maximum atomic E-state index is 12.1. The normalized spacial score (nSPS) is 17.4. The molecule has 0 atom stereocenters. The zero-order valence-corrected chi connectivity index (χ0v) is 11.8. The third-order valence-corrected chi connectivity index (χ3v) is 4.10. The van der Waals surface area contributed by atoms with Gasteiger partial charge in [0.25, 0.3) is 0 Å². The van der Waals surface area contributed by atoms with Crippen LogP contribution in [0.3, 0.4) is 0 Å². The van der Waals surface area contributed by atoms with E-state index >= 15 is 0 Å². The third-order valence-electron chi connectivity index (χ3n) is 3.80. The van der Waals surface area contributed by atoms with Gasteiger partial charge >= 0.3 is 5.97 Å². The Hall–Kier alpha value is -1.62. The highest BCUT2D eigenvalue weighted by Crippen LogP contribution is 2.39. The summed E-state index contributed by atoms with van der Waals surface area (Å²) in [6, 6.07) is 3.30. The van der Waals surface area contributed by atoms with E-state index in [0.717, 1.165) is 19.3 Å². The SMILES string of the molecule is O=C(CC1(C(=O)O)CCCCC1)Nc1cccnc1Cl. The van der Waals surface area contributed by atoms with Gasteiger partial charge in [-0.25, -0.2) is 4.98 Å². The van der Waals surface area contributed by atoms with Gasteiger partial charge in [-0.1, -0.05) is 30.9 Å². The molecular formula is C14H17ClN2O3. The Morgan fingerprint density at radius 1 is 1.35 bits per heavy atom. The number of hydrogen-bond acceptors (Lipinski definition) is 3. The van der Waals surface area contributed by atoms with E-state index in [1.807, 2.05) is 0 Å². The Morgan fingerprint density at radius 2 is 2.05 bits per heavy atom. The predicted molar refractivity (Wildman–Crippen MR) is 75.6 cm³/mol. The lowest BCUT2D eigenvalue weighted by Crippen LogP contribution is -2.37. The van der Waals surface area contributed by atoms with Crippen molar-refractivity contribution >= 4 is 29.2 Å². The van der Waals surface area contributed by atoms with Crippen LogP contribution in [0, 0.1) is 5.41 Å². The summed E-state index contributed by atoms with van der Waals surface area (Å²) in [5.74, 6) is -1.21. The van der Waals surface area contributed by atoms with E-state index in [1.165, 1.54) is 6.20 Å². The number of aromatic nitrogens is 1. The fourth-order valence-corrected chi connectivity index (χ4v) is 2.84. The first-order valence-electron chi connectivity index (χ1n) is 6.67. The molecule has 0 aliphatic heterocycles. The minimum Gasteiger partial charge on any atom is -0.481 e. The number of carboxylic acid groups (broad SMARTS) is 1. The van der Waals surface area contributed by atoms with Crippen LogP contribution in [-0.4, -0.2) is 22.0 Å². The second-order valence-corrected chi connectivity index (χ2v) is 5.57. The Labute approximate surface area is 122 Å². The van der Waals surface area contributed by atoms with E-state index in [2.05, 4.69) is 10.3 Å². The molecule has 1 aliphatic rings. The number of hydrogen-bond donors (Lipinski definition) is 2. The standard InChI is InChI=1S/C14H17ClN2O3/c15-12-10(5-4-8-16-12)17-11(18)9-14(13(19)20)6-2-1-3-7-14/h4-5,8H,1-3,6-7,9H2,(H,17,18)(H,19,20). The summed E-state index contributed by atoms with van der Waals surface area (Å²) >= 11 is 5.87. The maximum Gasteiger partial charge on any atom is 0.310 e. The van der Waals surface area contributed by atoms with Crippen LogP contribution in [0.25, 0.3) is 0 Å². The monoisotopic (exact) mass is 296 g/mol. The number of rotatable bonds is 4. The summed E-state index contributed by atoms with van der Waals surface area (Å²) in [5.41, 5.74) is -0.521. The molecule has 6 heteroatoms. The molecule has 5 nitrogen and oxygen atoms in total. The van der Waals surface area contributed by atoms with E-state index in [4.69, 9.17) is 11.6 Å². The fraction of sp³-hybridized carbons (Fsp3) is 0.500. The second kappa shape index (κ2) is 6.22. The smallest absolute Gasteiger partial charge is 0.310 e. The molecule has 2 rings (SSSR count). The lowest BCUT2D eigenvalue weighted by molar-refractivity contribution is -0.153. The van der Waals surface area contributed by atoms with Crippen molar-refractivity contribution in [3.05, 3.63) is 23.5 Å². The van der Waals surface area contributed by atoms with Gasteiger partial charge in [-0.2, -0.15) is 0 Å². The quantitative estimate of drug-likeness (QED) is 0.837. The summed E-state index contributed by atoms with van der Waals surface area (Å²) in [6.07, 6.45) is 5.35. The maximum absolute atomic E-state index is 12.1. The van der Waals surface area contributed by atoms with E-state index in [1.54, 1.807) is 12.1 Å². The van der Waals surface area contributed by atoms with Crippen molar-refractivity contribution in [1.82, 2.24) is 4.98 Å². The Kier molecular flexibility index (Phi) is 4.60. The molecule has 20 heavy (non-hydrogen) atoms. The molecule has 0 unspecified atom stereocenters. The number of pyridine rings is 1. The van der Waals surface area contributed by atoms with E-state index in [-0.39, 0.29) is 17.5 Å². The van der Waals surface area contributed by atoms with Crippen LogP contribution in [0.15, 0.2) is 18.3 Å². The van der Waals surface area contributed by atoms with E-state index in [0.29, 0.717) is 18.5 Å². The summed E-state index contributed by atoms with van der Waals surface area (Å²) in [6.45, 7) is 0. The van der Waals surface area contributed by atoms with Crippen molar-refractivity contribution in [2.45, 2.75) is 38.5 Å². The summed E-state index contributed by atoms with van der Waals surface area (Å²) in [4.78, 5) is 27.5. The predicted octanol–water partition coefficient (Wildman–Crippen LogP) is 3.10. The first-order valence-corrected chi connectivity index (χ1v) is 7.05. The van der Waals surface area contributed by atoms with Gasteiger partial charge in [0.05, 0.1) is 11.1 Å². The number of amides is 1. The zero-order valence-electron chi connectivity index (χ0n) is 11.1. The van der Waals surface area contributed by atoms with Crippen molar-refractivity contribution in [3.63, 3.8) is 0 Å². The molecule has 1 aromatic rings. The van der Waals surface area contributed by atoms with Crippen LogP contribution < -0.4 is 5.32 Å². The van der Waals surface area contributed by atoms with Gasteiger partial charge in [-0.15, -0.1) is 0 Å². The lowest BCUT2D eigenvalue weighted by Gasteiger charge is -2.32. The first-order chi connectivity index (χ1) is 9.53. The van der Waals surface area contributed by atoms with Gasteiger partial charge in [0.2, 0.25) is 5.91 Å². The van der Waals surface area contributed by atoms with Crippen molar-refractivity contribution in [3.8, 4) is 0 Å². The number of anilines is 1. The van der Waals surface area contributed by atoms with Crippen LogP contribution in [-0.2, 0) is 9.59 Å². The molecular weight excluding hydrogens is 280 g/mol. The van der Waals surface area contributed by atoms with Gasteiger partial charge in [0.15, 0.2) is 5.15 Å². The number of aliphatic carboxylic acids is 1. The molecule has 0 bridgehead atoms. The summed E-state index contributed by atoms with van der Waals surface area (Å²) in [5, 5.41) is 12.3. The molecule has 1 heterocycles. The molecule has 1 fully saturated rings. The average molecular weight is 297 g/mol. The van der Waals surface area contributed by atoms with E-state index < -0.39 is 11.4 Å². The lowest BCUT2D eigenvalue weighted by atomic mass is 9.71. The van der Waals surface area contributed by atoms with Gasteiger partial charge in [0.1, 0.15) is 0 Å². The molecule has 1 saturated carbocycles. The van der Waals surface area contributed by atoms with Gasteiger partial charge in [-0.3, -0.25) is 9.59 Å². The van der Waals surface area contributed by atoms with Gasteiger partial charge in [0, 0.05) is 12.6 Å². The molecule has 0 spiro atoms. The molecule has 2 N–H and O–H groups in total. The zero-order chi connectivity index (χ0) is 14.6. The van der Waals surface area contributed by atoms with Crippen LogP contribution >= 0.6 is 11.6 Å². The number of carbonyl (C=O) groups is 2. The van der Waals surface area contributed by atoms with Crippen LogP contribution in [0.5, 0.6) is 0 Å². The minimum absolute atomic E-state index is 0.0203. The number of carbonyl (C=O) groups excluding carboxylic acids is 1. The fourth-order valence-electron chi connectivity index (χ4n) is 2.68. The molecule has 0 radical (unpaired) electrons. The molecule has 1 aliphatic carbocycles. The molecule has 1 amide bonds. The summed E-state index contributed by atoms with van der Waals surface area (Å²) < 4.78 is 0. The first kappa shape index (κ1) is 14.8. The largest absolute Gasteiger partial charge is 0.481 e. The third kappa shape index (κ3) is 3.28. The Bertz CT molecular complexity index is 513. The molecule has 1 aromatic heterocycles.